The summed E-state index contributed by atoms with van der Waals surface area (Å²) in [5.41, 5.74) is 0.652. The number of hydrogen-bond acceptors (Lipinski definition) is 3. The molecular weight excluding hydrogens is 282 g/mol. The van der Waals surface area contributed by atoms with Crippen LogP contribution in [0.3, 0.4) is 0 Å². The topological polar surface area (TPSA) is 36.4 Å². The maximum atomic E-state index is 12.2. The van der Waals surface area contributed by atoms with Crippen molar-refractivity contribution in [3.63, 3.8) is 0 Å². The summed E-state index contributed by atoms with van der Waals surface area (Å²) in [6, 6.07) is 2.29. The largest absolute Gasteiger partial charge is 0.337 e. The molecule has 0 aliphatic carbocycles. The minimum absolute atomic E-state index is 0.0724. The van der Waals surface area contributed by atoms with Crippen LogP contribution in [0.25, 0.3) is 0 Å². The molecule has 1 aliphatic heterocycles. The number of likely N-dealkylation sites (tertiary alicyclic amines) is 1. The minimum Gasteiger partial charge on any atom is -0.337 e. The van der Waals surface area contributed by atoms with Crippen molar-refractivity contribution >= 4 is 21.8 Å². The van der Waals surface area contributed by atoms with Gasteiger partial charge >= 0.3 is 0 Å². The fourth-order valence-electron chi connectivity index (χ4n) is 2.06. The number of carbonyl (C=O) groups excluding carboxylic acids is 1. The van der Waals surface area contributed by atoms with Crippen LogP contribution in [0.1, 0.15) is 16.8 Å². The Morgan fingerprint density at radius 2 is 2.29 bits per heavy atom. The van der Waals surface area contributed by atoms with Gasteiger partial charge in [0.05, 0.1) is 5.56 Å². The zero-order chi connectivity index (χ0) is 12.4. The number of hydrogen-bond donors (Lipinski definition) is 0. The molecule has 1 aromatic rings. The van der Waals surface area contributed by atoms with Gasteiger partial charge < -0.3 is 9.80 Å². The highest BCUT2D eigenvalue weighted by atomic mass is 79.9. The summed E-state index contributed by atoms with van der Waals surface area (Å²) >= 11 is 3.33. The van der Waals surface area contributed by atoms with Crippen LogP contribution in [0, 0.1) is 0 Å². The van der Waals surface area contributed by atoms with E-state index in [-0.39, 0.29) is 5.91 Å². The zero-order valence-electron chi connectivity index (χ0n) is 10.1. The average Bonchev–Trinajstić information content (AvgIpc) is 2.77. The molecule has 0 unspecified atom stereocenters. The molecule has 0 N–H and O–H groups in total. The molecule has 1 saturated heterocycles. The van der Waals surface area contributed by atoms with Gasteiger partial charge in [0, 0.05) is 36.0 Å². The molecule has 4 nitrogen and oxygen atoms in total. The highest BCUT2D eigenvalue weighted by Crippen LogP contribution is 2.17. The fraction of sp³-hybridized carbons (Fsp3) is 0.500. The zero-order valence-corrected chi connectivity index (χ0v) is 11.6. The molecule has 1 atom stereocenters. The minimum atomic E-state index is 0.0724. The maximum absolute atomic E-state index is 12.2. The quantitative estimate of drug-likeness (QED) is 0.832. The Labute approximate surface area is 110 Å². The van der Waals surface area contributed by atoms with Gasteiger partial charge in [0.25, 0.3) is 5.91 Å². The fourth-order valence-corrected chi connectivity index (χ4v) is 2.42. The van der Waals surface area contributed by atoms with Crippen molar-refractivity contribution < 1.29 is 4.79 Å². The second kappa shape index (κ2) is 5.14. The summed E-state index contributed by atoms with van der Waals surface area (Å²) in [5, 5.41) is 0. The smallest absolute Gasteiger partial charge is 0.255 e. The first-order valence-electron chi connectivity index (χ1n) is 5.64. The lowest BCUT2D eigenvalue weighted by Gasteiger charge is -2.20. The summed E-state index contributed by atoms with van der Waals surface area (Å²) in [5.74, 6) is 0.0724. The predicted molar refractivity (Wildman–Crippen MR) is 69.9 cm³/mol. The summed E-state index contributed by atoms with van der Waals surface area (Å²) in [6.07, 6.45) is 4.35. The molecule has 0 radical (unpaired) electrons. The molecule has 0 bridgehead atoms. The standard InChI is InChI=1S/C12H16BrN3O/c1-15(2)11-3-4-16(8-11)12(17)9-5-10(13)7-14-6-9/h5-7,11H,3-4,8H2,1-2H3/t11-/m0/s1. The number of pyridine rings is 1. The van der Waals surface area contributed by atoms with Crippen LogP contribution >= 0.6 is 15.9 Å². The van der Waals surface area contributed by atoms with Crippen molar-refractivity contribution in [1.29, 1.82) is 0 Å². The highest BCUT2D eigenvalue weighted by Gasteiger charge is 2.28. The van der Waals surface area contributed by atoms with Crippen LogP contribution in [0.4, 0.5) is 0 Å². The Balaban J connectivity index is 2.07. The summed E-state index contributed by atoms with van der Waals surface area (Å²) in [6.45, 7) is 1.63. The molecule has 0 spiro atoms. The summed E-state index contributed by atoms with van der Waals surface area (Å²) in [4.78, 5) is 20.3. The lowest BCUT2D eigenvalue weighted by Crippen LogP contribution is -2.34. The highest BCUT2D eigenvalue weighted by molar-refractivity contribution is 9.10. The monoisotopic (exact) mass is 297 g/mol. The molecule has 0 saturated carbocycles. The van der Waals surface area contributed by atoms with Crippen molar-refractivity contribution in [3.8, 4) is 0 Å². The number of likely N-dealkylation sites (N-methyl/N-ethyl adjacent to an activating group) is 1. The number of nitrogens with zero attached hydrogens (tertiary/aromatic N) is 3. The Morgan fingerprint density at radius 1 is 1.53 bits per heavy atom. The number of carbonyl (C=O) groups is 1. The molecule has 1 amide bonds. The SMILES string of the molecule is CN(C)[C@H]1CCN(C(=O)c2cncc(Br)c2)C1. The van der Waals surface area contributed by atoms with Crippen molar-refractivity contribution in [3.05, 3.63) is 28.5 Å². The lowest BCUT2D eigenvalue weighted by molar-refractivity contribution is 0.0782. The molecule has 2 rings (SSSR count). The molecule has 5 heteroatoms. The van der Waals surface area contributed by atoms with Crippen LogP contribution in [0.5, 0.6) is 0 Å². The molecule has 0 aromatic carbocycles. The van der Waals surface area contributed by atoms with E-state index >= 15 is 0 Å². The van der Waals surface area contributed by atoms with Crippen LogP contribution in [0.2, 0.25) is 0 Å². The molecule has 1 fully saturated rings. The van der Waals surface area contributed by atoms with E-state index in [1.807, 2.05) is 11.0 Å². The predicted octanol–water partition coefficient (Wildman–Crippen LogP) is 1.62. The Hall–Kier alpha value is -0.940. The van der Waals surface area contributed by atoms with Gasteiger partial charge in [-0.1, -0.05) is 0 Å². The average molecular weight is 298 g/mol. The Bertz CT molecular complexity index is 422. The summed E-state index contributed by atoms with van der Waals surface area (Å²) in [7, 11) is 4.11. The van der Waals surface area contributed by atoms with E-state index < -0.39 is 0 Å². The van der Waals surface area contributed by atoms with E-state index in [1.165, 1.54) is 0 Å². The third-order valence-corrected chi connectivity index (χ3v) is 3.57. The van der Waals surface area contributed by atoms with E-state index in [4.69, 9.17) is 0 Å². The first kappa shape index (κ1) is 12.5. The Kier molecular flexibility index (Phi) is 3.79. The third kappa shape index (κ3) is 2.84. The van der Waals surface area contributed by atoms with E-state index in [1.54, 1.807) is 12.4 Å². The second-order valence-corrected chi connectivity index (χ2v) is 5.46. The Morgan fingerprint density at radius 3 is 2.88 bits per heavy atom. The maximum Gasteiger partial charge on any atom is 0.255 e. The first-order valence-corrected chi connectivity index (χ1v) is 6.43. The molecule has 92 valence electrons. The van der Waals surface area contributed by atoms with Gasteiger partial charge in [-0.2, -0.15) is 0 Å². The van der Waals surface area contributed by atoms with Crippen LogP contribution in [0.15, 0.2) is 22.9 Å². The molecule has 17 heavy (non-hydrogen) atoms. The second-order valence-electron chi connectivity index (χ2n) is 4.55. The summed E-state index contributed by atoms with van der Waals surface area (Å²) < 4.78 is 0.840. The van der Waals surface area contributed by atoms with E-state index in [2.05, 4.69) is 39.9 Å². The van der Waals surface area contributed by atoms with Crippen molar-refractivity contribution in [2.45, 2.75) is 12.5 Å². The van der Waals surface area contributed by atoms with Gasteiger partial charge in [-0.15, -0.1) is 0 Å². The number of halogens is 1. The van der Waals surface area contributed by atoms with E-state index in [9.17, 15) is 4.79 Å². The van der Waals surface area contributed by atoms with Gasteiger partial charge in [-0.25, -0.2) is 0 Å². The molecule has 1 aliphatic rings. The van der Waals surface area contributed by atoms with E-state index in [0.717, 1.165) is 24.0 Å². The molecule has 2 heterocycles. The normalized spacial score (nSPS) is 20.0. The third-order valence-electron chi connectivity index (χ3n) is 3.13. The van der Waals surface area contributed by atoms with Gasteiger partial charge in [0.2, 0.25) is 0 Å². The van der Waals surface area contributed by atoms with Gasteiger partial charge in [0.1, 0.15) is 0 Å². The lowest BCUT2D eigenvalue weighted by atomic mass is 10.2. The molecular formula is C12H16BrN3O. The van der Waals surface area contributed by atoms with E-state index in [0.29, 0.717) is 11.6 Å². The van der Waals surface area contributed by atoms with Crippen LogP contribution < -0.4 is 0 Å². The first-order chi connectivity index (χ1) is 8.08. The number of rotatable bonds is 2. The van der Waals surface area contributed by atoms with Crippen LogP contribution in [-0.4, -0.2) is 53.9 Å². The molecule has 1 aromatic heterocycles. The number of amides is 1. The number of aromatic nitrogens is 1. The van der Waals surface area contributed by atoms with Gasteiger partial charge in [0.15, 0.2) is 0 Å². The van der Waals surface area contributed by atoms with Crippen LogP contribution in [-0.2, 0) is 0 Å². The van der Waals surface area contributed by atoms with Crippen molar-refractivity contribution in [1.82, 2.24) is 14.8 Å². The van der Waals surface area contributed by atoms with Crippen molar-refractivity contribution in [2.24, 2.45) is 0 Å². The van der Waals surface area contributed by atoms with Crippen molar-refractivity contribution in [2.75, 3.05) is 27.2 Å². The van der Waals surface area contributed by atoms with Gasteiger partial charge in [-0.05, 0) is 42.5 Å². The van der Waals surface area contributed by atoms with Gasteiger partial charge in [-0.3, -0.25) is 9.78 Å².